The van der Waals surface area contributed by atoms with Crippen molar-refractivity contribution < 1.29 is 32.4 Å². The van der Waals surface area contributed by atoms with Crippen molar-refractivity contribution in [1.82, 2.24) is 0 Å². The minimum Gasteiger partial charge on any atom is -0.417 e. The first-order chi connectivity index (χ1) is 9.04. The second-order valence-electron chi connectivity index (χ2n) is 3.50. The number of carbonyl (C=O) groups excluding carboxylic acids is 2. The van der Waals surface area contributed by atoms with E-state index in [4.69, 9.17) is 11.6 Å². The number of non-ortho nitro benzene ring substituents is 1. The predicted molar refractivity (Wildman–Crippen MR) is 59.8 cm³/mol. The average molecular weight is 312 g/mol. The maximum Gasteiger partial charge on any atom is 0.491 e. The van der Waals surface area contributed by atoms with Crippen molar-refractivity contribution in [3.05, 3.63) is 32.8 Å². The number of Topliss-reactive ketones (excluding diaryl/α,β-unsaturated/α-hetero) is 1. The number of esters is 1. The first-order valence-electron chi connectivity index (χ1n) is 4.82. The van der Waals surface area contributed by atoms with Crippen molar-refractivity contribution in [3.8, 4) is 5.75 Å². The fourth-order valence-corrected chi connectivity index (χ4v) is 1.45. The van der Waals surface area contributed by atoms with E-state index in [-0.39, 0.29) is 0 Å². The normalized spacial score (nSPS) is 11.1. The van der Waals surface area contributed by atoms with Crippen LogP contribution in [0, 0.1) is 10.1 Å². The number of carbonyl (C=O) groups is 2. The molecule has 0 saturated heterocycles. The van der Waals surface area contributed by atoms with Gasteiger partial charge in [0.2, 0.25) is 0 Å². The predicted octanol–water partition coefficient (Wildman–Crippen LogP) is 2.92. The number of nitrogens with zero attached hydrogens (tertiary/aromatic N) is 1. The van der Waals surface area contributed by atoms with Crippen LogP contribution in [0.15, 0.2) is 12.1 Å². The van der Waals surface area contributed by atoms with Crippen LogP contribution >= 0.6 is 11.6 Å². The van der Waals surface area contributed by atoms with E-state index in [0.29, 0.717) is 12.1 Å². The summed E-state index contributed by atoms with van der Waals surface area (Å²) in [5.41, 5.74) is -1.21. The molecular formula is C10H5ClF3NO5. The summed E-state index contributed by atoms with van der Waals surface area (Å²) < 4.78 is 40.3. The third kappa shape index (κ3) is 3.44. The molecule has 1 rings (SSSR count). The highest BCUT2D eigenvalue weighted by atomic mass is 35.5. The zero-order chi connectivity index (χ0) is 15.7. The van der Waals surface area contributed by atoms with Crippen LogP contribution in [-0.2, 0) is 4.79 Å². The molecule has 0 atom stereocenters. The molecule has 0 unspecified atom stereocenters. The van der Waals surface area contributed by atoms with E-state index < -0.39 is 44.9 Å². The van der Waals surface area contributed by atoms with Gasteiger partial charge < -0.3 is 4.74 Å². The Balaban J connectivity index is 3.36. The summed E-state index contributed by atoms with van der Waals surface area (Å²) in [6, 6.07) is 1.35. The smallest absolute Gasteiger partial charge is 0.417 e. The van der Waals surface area contributed by atoms with Crippen LogP contribution in [0.4, 0.5) is 18.9 Å². The van der Waals surface area contributed by atoms with Crippen molar-refractivity contribution >= 4 is 29.0 Å². The Morgan fingerprint density at radius 2 is 1.90 bits per heavy atom. The van der Waals surface area contributed by atoms with Gasteiger partial charge in [-0.3, -0.25) is 14.9 Å². The van der Waals surface area contributed by atoms with Crippen molar-refractivity contribution in [2.45, 2.75) is 13.1 Å². The van der Waals surface area contributed by atoms with E-state index in [1.807, 2.05) is 0 Å². The molecule has 0 heterocycles. The van der Waals surface area contributed by atoms with Crippen LogP contribution in [0.5, 0.6) is 5.75 Å². The molecule has 0 radical (unpaired) electrons. The molecule has 0 bridgehead atoms. The summed E-state index contributed by atoms with van der Waals surface area (Å²) in [7, 11) is 0. The summed E-state index contributed by atoms with van der Waals surface area (Å²) in [4.78, 5) is 31.7. The van der Waals surface area contributed by atoms with E-state index in [2.05, 4.69) is 4.74 Å². The Bertz CT molecular complexity index is 599. The van der Waals surface area contributed by atoms with Crippen LogP contribution in [0.2, 0.25) is 5.02 Å². The Hall–Kier alpha value is -2.16. The van der Waals surface area contributed by atoms with Crippen LogP contribution < -0.4 is 4.74 Å². The summed E-state index contributed by atoms with van der Waals surface area (Å²) in [5, 5.41) is 9.92. The lowest BCUT2D eigenvalue weighted by Gasteiger charge is -2.11. The molecule has 1 aromatic carbocycles. The van der Waals surface area contributed by atoms with E-state index in [1.54, 1.807) is 0 Å². The van der Waals surface area contributed by atoms with Crippen LogP contribution in [-0.4, -0.2) is 22.9 Å². The molecule has 0 aromatic heterocycles. The highest BCUT2D eigenvalue weighted by molar-refractivity contribution is 6.33. The lowest BCUT2D eigenvalue weighted by Crippen LogP contribution is -2.28. The lowest BCUT2D eigenvalue weighted by molar-refractivity contribution is -0.384. The molecule has 20 heavy (non-hydrogen) atoms. The van der Waals surface area contributed by atoms with E-state index >= 15 is 0 Å². The molecule has 10 heteroatoms. The fraction of sp³-hybridized carbons (Fsp3) is 0.200. The van der Waals surface area contributed by atoms with Gasteiger partial charge in [0.1, 0.15) is 0 Å². The molecule has 0 N–H and O–H groups in total. The number of nitro benzene ring substituents is 1. The Morgan fingerprint density at radius 1 is 1.35 bits per heavy atom. The van der Waals surface area contributed by atoms with Gasteiger partial charge in [-0.25, -0.2) is 4.79 Å². The maximum atomic E-state index is 12.1. The summed E-state index contributed by atoms with van der Waals surface area (Å²) in [6.07, 6.45) is -5.29. The van der Waals surface area contributed by atoms with E-state index in [1.165, 1.54) is 0 Å². The van der Waals surface area contributed by atoms with Gasteiger partial charge >= 0.3 is 12.1 Å². The van der Waals surface area contributed by atoms with Crippen molar-refractivity contribution in [2.75, 3.05) is 0 Å². The minimum absolute atomic E-state index is 0.596. The molecule has 0 amide bonds. The van der Waals surface area contributed by atoms with Crippen molar-refractivity contribution in [2.24, 2.45) is 0 Å². The van der Waals surface area contributed by atoms with Crippen LogP contribution in [0.3, 0.4) is 0 Å². The molecule has 1 aromatic rings. The Morgan fingerprint density at radius 3 is 2.30 bits per heavy atom. The number of ketones is 1. The van der Waals surface area contributed by atoms with Gasteiger partial charge in [-0.15, -0.1) is 0 Å². The molecule has 0 fully saturated rings. The summed E-state index contributed by atoms with van der Waals surface area (Å²) >= 11 is 5.52. The number of halogens is 4. The van der Waals surface area contributed by atoms with Crippen molar-refractivity contribution in [3.63, 3.8) is 0 Å². The topological polar surface area (TPSA) is 86.5 Å². The highest BCUT2D eigenvalue weighted by Gasteiger charge is 2.42. The van der Waals surface area contributed by atoms with Gasteiger partial charge in [0, 0.05) is 12.1 Å². The van der Waals surface area contributed by atoms with Gasteiger partial charge in [0.15, 0.2) is 11.5 Å². The zero-order valence-electron chi connectivity index (χ0n) is 9.66. The van der Waals surface area contributed by atoms with Crippen LogP contribution in [0.1, 0.15) is 17.3 Å². The summed E-state index contributed by atoms with van der Waals surface area (Å²) in [6.45, 7) is 0.931. The quantitative estimate of drug-likeness (QED) is 0.281. The number of benzene rings is 1. The summed E-state index contributed by atoms with van der Waals surface area (Å²) in [5.74, 6) is -4.30. The van der Waals surface area contributed by atoms with Crippen molar-refractivity contribution in [1.29, 1.82) is 0 Å². The third-order valence-electron chi connectivity index (χ3n) is 2.04. The van der Waals surface area contributed by atoms with Gasteiger partial charge in [-0.05, 0) is 6.92 Å². The molecule has 0 saturated carbocycles. The second kappa shape index (κ2) is 5.45. The van der Waals surface area contributed by atoms with Gasteiger partial charge in [0.25, 0.3) is 5.69 Å². The highest BCUT2D eigenvalue weighted by Crippen LogP contribution is 2.35. The number of nitro groups is 1. The van der Waals surface area contributed by atoms with Gasteiger partial charge in [-0.2, -0.15) is 13.2 Å². The lowest BCUT2D eigenvalue weighted by atomic mass is 10.1. The maximum absolute atomic E-state index is 12.1. The van der Waals surface area contributed by atoms with Gasteiger partial charge in [0.05, 0.1) is 15.5 Å². The first kappa shape index (κ1) is 15.9. The molecule has 0 aliphatic heterocycles. The second-order valence-corrected chi connectivity index (χ2v) is 3.91. The third-order valence-corrected chi connectivity index (χ3v) is 2.33. The van der Waals surface area contributed by atoms with Crippen LogP contribution in [0.25, 0.3) is 0 Å². The molecular weight excluding hydrogens is 307 g/mol. The molecule has 6 nitrogen and oxygen atoms in total. The number of hydrogen-bond donors (Lipinski definition) is 0. The fourth-order valence-electron chi connectivity index (χ4n) is 1.20. The SMILES string of the molecule is CC(=O)c1cc([N+](=O)[O-])cc(Cl)c1OC(=O)C(F)(F)F. The number of hydrogen-bond acceptors (Lipinski definition) is 5. The zero-order valence-corrected chi connectivity index (χ0v) is 10.4. The molecule has 0 spiro atoms. The monoisotopic (exact) mass is 311 g/mol. The average Bonchev–Trinajstić information content (AvgIpc) is 2.29. The molecule has 108 valence electrons. The number of ether oxygens (including phenoxy) is 1. The van der Waals surface area contributed by atoms with E-state index in [0.717, 1.165) is 6.92 Å². The number of rotatable bonds is 3. The standard InChI is InChI=1S/C10H5ClF3NO5/c1-4(16)6-2-5(15(18)19)3-7(11)8(6)20-9(17)10(12,13)14/h2-3H,1H3. The number of alkyl halides is 3. The van der Waals surface area contributed by atoms with Gasteiger partial charge in [-0.1, -0.05) is 11.6 Å². The molecule has 0 aliphatic carbocycles. The molecule has 0 aliphatic rings. The van der Waals surface area contributed by atoms with E-state index in [9.17, 15) is 32.9 Å². The first-order valence-corrected chi connectivity index (χ1v) is 5.19. The Kier molecular flexibility index (Phi) is 4.33. The largest absolute Gasteiger partial charge is 0.491 e. The Labute approximate surface area is 114 Å². The minimum atomic E-state index is -5.29.